The topological polar surface area (TPSA) is 93.3 Å². The lowest BCUT2D eigenvalue weighted by atomic mass is 9.94. The molecule has 0 unspecified atom stereocenters. The van der Waals surface area contributed by atoms with Crippen molar-refractivity contribution in [1.82, 2.24) is 9.97 Å². The van der Waals surface area contributed by atoms with Gasteiger partial charge in [0.2, 0.25) is 5.95 Å². The maximum Gasteiger partial charge on any atom is 0.222 e. The number of aliphatic hydroxyl groups is 1. The molecule has 6 nitrogen and oxygen atoms in total. The van der Waals surface area contributed by atoms with Crippen LogP contribution in [0.15, 0.2) is 6.20 Å². The fraction of sp³-hybridized carbons (Fsp3) is 0.600. The highest BCUT2D eigenvalue weighted by Crippen LogP contribution is 2.23. The lowest BCUT2D eigenvalue weighted by molar-refractivity contribution is -0.0543. The van der Waals surface area contributed by atoms with Gasteiger partial charge >= 0.3 is 0 Å². The molecule has 2 rings (SSSR count). The molecular weight excluding hydrogens is 244 g/mol. The van der Waals surface area contributed by atoms with Crippen molar-refractivity contribution in [2.45, 2.75) is 18.4 Å². The van der Waals surface area contributed by atoms with E-state index in [9.17, 15) is 5.11 Å². The van der Waals surface area contributed by atoms with Crippen molar-refractivity contribution in [2.75, 3.05) is 30.8 Å². The first-order valence-corrected chi connectivity index (χ1v) is 5.79. The number of nitrogens with two attached hydrogens (primary N) is 1. The van der Waals surface area contributed by atoms with E-state index in [1.165, 1.54) is 6.20 Å². The minimum absolute atomic E-state index is 0.149. The van der Waals surface area contributed by atoms with E-state index in [0.717, 1.165) is 0 Å². The van der Waals surface area contributed by atoms with Crippen molar-refractivity contribution in [3.8, 4) is 0 Å². The summed E-state index contributed by atoms with van der Waals surface area (Å²) in [5.74, 6) is 0.593. The van der Waals surface area contributed by atoms with Crippen LogP contribution in [-0.2, 0) is 4.74 Å². The highest BCUT2D eigenvalue weighted by molar-refractivity contribution is 6.32. The Hall–Kier alpha value is -1.11. The summed E-state index contributed by atoms with van der Waals surface area (Å²) < 4.78 is 5.20. The van der Waals surface area contributed by atoms with Crippen molar-refractivity contribution < 1.29 is 9.84 Å². The number of rotatable bonds is 3. The monoisotopic (exact) mass is 258 g/mol. The molecule has 0 spiro atoms. The number of hydrogen-bond acceptors (Lipinski definition) is 6. The van der Waals surface area contributed by atoms with Crippen LogP contribution in [0.4, 0.5) is 11.8 Å². The van der Waals surface area contributed by atoms with Gasteiger partial charge < -0.3 is 20.9 Å². The third-order valence-corrected chi connectivity index (χ3v) is 3.05. The predicted octanol–water partition coefficient (Wildman–Crippen LogP) is 0.666. The van der Waals surface area contributed by atoms with Crippen LogP contribution in [0.25, 0.3) is 0 Å². The van der Waals surface area contributed by atoms with E-state index >= 15 is 0 Å². The van der Waals surface area contributed by atoms with E-state index in [4.69, 9.17) is 22.1 Å². The molecular formula is C10H15ClN4O2. The second-order valence-electron chi connectivity index (χ2n) is 4.12. The Morgan fingerprint density at radius 1 is 1.53 bits per heavy atom. The van der Waals surface area contributed by atoms with E-state index < -0.39 is 5.60 Å². The zero-order chi connectivity index (χ0) is 12.3. The molecule has 0 aliphatic carbocycles. The molecule has 7 heteroatoms. The lowest BCUT2D eigenvalue weighted by Crippen LogP contribution is -2.42. The first kappa shape index (κ1) is 12.3. The summed E-state index contributed by atoms with van der Waals surface area (Å²) in [5, 5.41) is 13.6. The van der Waals surface area contributed by atoms with Gasteiger partial charge in [0, 0.05) is 32.6 Å². The molecule has 0 amide bonds. The molecule has 0 atom stereocenters. The number of hydrogen-bond donors (Lipinski definition) is 3. The highest BCUT2D eigenvalue weighted by Gasteiger charge is 2.29. The van der Waals surface area contributed by atoms with Crippen molar-refractivity contribution in [1.29, 1.82) is 0 Å². The van der Waals surface area contributed by atoms with E-state index in [0.29, 0.717) is 43.4 Å². The summed E-state index contributed by atoms with van der Waals surface area (Å²) in [4.78, 5) is 7.73. The van der Waals surface area contributed by atoms with E-state index in [2.05, 4.69) is 15.3 Å². The molecule has 17 heavy (non-hydrogen) atoms. The number of aromatic nitrogens is 2. The number of nitrogens with zero attached hydrogens (tertiary/aromatic N) is 2. The molecule has 1 aliphatic heterocycles. The number of nitrogen functional groups attached to an aromatic ring is 1. The summed E-state index contributed by atoms with van der Waals surface area (Å²) in [5.41, 5.74) is 4.69. The molecule has 0 aromatic carbocycles. The molecule has 1 aromatic heterocycles. The molecule has 2 heterocycles. The van der Waals surface area contributed by atoms with E-state index in [1.54, 1.807) is 0 Å². The molecule has 1 aromatic rings. The minimum atomic E-state index is -0.776. The van der Waals surface area contributed by atoms with Crippen LogP contribution in [0.2, 0.25) is 5.02 Å². The first-order chi connectivity index (χ1) is 8.09. The van der Waals surface area contributed by atoms with Crippen LogP contribution < -0.4 is 11.1 Å². The van der Waals surface area contributed by atoms with Crippen molar-refractivity contribution >= 4 is 23.4 Å². The Balaban J connectivity index is 1.99. The molecule has 1 aliphatic rings. The number of anilines is 2. The van der Waals surface area contributed by atoms with Gasteiger partial charge in [-0.05, 0) is 0 Å². The smallest absolute Gasteiger partial charge is 0.222 e. The zero-order valence-electron chi connectivity index (χ0n) is 9.32. The summed E-state index contributed by atoms with van der Waals surface area (Å²) in [6.45, 7) is 1.50. The van der Waals surface area contributed by atoms with Gasteiger partial charge in [-0.3, -0.25) is 0 Å². The molecule has 1 saturated heterocycles. The van der Waals surface area contributed by atoms with Crippen LogP contribution in [0.3, 0.4) is 0 Å². The van der Waals surface area contributed by atoms with Crippen LogP contribution in [0, 0.1) is 0 Å². The molecule has 1 fully saturated rings. The van der Waals surface area contributed by atoms with Gasteiger partial charge in [0.1, 0.15) is 5.02 Å². The molecule has 0 bridgehead atoms. The fourth-order valence-corrected chi connectivity index (χ4v) is 1.84. The summed E-state index contributed by atoms with van der Waals surface area (Å²) in [6, 6.07) is 0. The Labute approximate surface area is 104 Å². The first-order valence-electron chi connectivity index (χ1n) is 5.41. The quantitative estimate of drug-likeness (QED) is 0.738. The SMILES string of the molecule is Nc1ncc(Cl)c(NCC2(O)CCOCC2)n1. The summed E-state index contributed by atoms with van der Waals surface area (Å²) >= 11 is 5.91. The molecule has 94 valence electrons. The maximum absolute atomic E-state index is 10.2. The van der Waals surface area contributed by atoms with E-state index in [-0.39, 0.29) is 5.95 Å². The van der Waals surface area contributed by atoms with Crippen molar-refractivity contribution in [2.24, 2.45) is 0 Å². The van der Waals surface area contributed by atoms with E-state index in [1.807, 2.05) is 0 Å². The minimum Gasteiger partial charge on any atom is -0.388 e. The number of nitrogens with one attached hydrogen (secondary N) is 1. The van der Waals surface area contributed by atoms with Crippen LogP contribution in [-0.4, -0.2) is 40.4 Å². The Morgan fingerprint density at radius 2 is 2.24 bits per heavy atom. The van der Waals surface area contributed by atoms with Gasteiger partial charge in [-0.15, -0.1) is 0 Å². The maximum atomic E-state index is 10.2. The number of halogens is 1. The lowest BCUT2D eigenvalue weighted by Gasteiger charge is -2.32. The Bertz CT molecular complexity index is 396. The van der Waals surface area contributed by atoms with Crippen LogP contribution >= 0.6 is 11.6 Å². The molecule has 0 saturated carbocycles. The summed E-state index contributed by atoms with van der Waals surface area (Å²) in [7, 11) is 0. The number of ether oxygens (including phenoxy) is 1. The van der Waals surface area contributed by atoms with Gasteiger partial charge in [0.15, 0.2) is 5.82 Å². The third kappa shape index (κ3) is 3.18. The largest absolute Gasteiger partial charge is 0.388 e. The average Bonchev–Trinajstić information content (AvgIpc) is 2.31. The highest BCUT2D eigenvalue weighted by atomic mass is 35.5. The Morgan fingerprint density at radius 3 is 2.94 bits per heavy atom. The van der Waals surface area contributed by atoms with Crippen LogP contribution in [0.1, 0.15) is 12.8 Å². The zero-order valence-corrected chi connectivity index (χ0v) is 10.1. The average molecular weight is 259 g/mol. The second-order valence-corrected chi connectivity index (χ2v) is 4.52. The third-order valence-electron chi connectivity index (χ3n) is 2.77. The standard InChI is InChI=1S/C10H15ClN4O2/c11-7-5-13-9(12)15-8(7)14-6-10(16)1-3-17-4-2-10/h5,16H,1-4,6H2,(H3,12,13,14,15). The van der Waals surface area contributed by atoms with Gasteiger partial charge in [-0.2, -0.15) is 4.98 Å². The summed E-state index contributed by atoms with van der Waals surface area (Å²) in [6.07, 6.45) is 2.62. The van der Waals surface area contributed by atoms with Gasteiger partial charge in [-0.25, -0.2) is 4.98 Å². The van der Waals surface area contributed by atoms with Gasteiger partial charge in [0.25, 0.3) is 0 Å². The van der Waals surface area contributed by atoms with Gasteiger partial charge in [-0.1, -0.05) is 11.6 Å². The van der Waals surface area contributed by atoms with Gasteiger partial charge in [0.05, 0.1) is 11.8 Å². The van der Waals surface area contributed by atoms with Crippen LogP contribution in [0.5, 0.6) is 0 Å². The van der Waals surface area contributed by atoms with Crippen molar-refractivity contribution in [3.63, 3.8) is 0 Å². The normalized spacial score (nSPS) is 18.9. The predicted molar refractivity (Wildman–Crippen MR) is 64.9 cm³/mol. The molecule has 0 radical (unpaired) electrons. The molecule has 4 N–H and O–H groups in total. The second kappa shape index (κ2) is 5.03. The Kier molecular flexibility index (Phi) is 3.66. The van der Waals surface area contributed by atoms with Crippen molar-refractivity contribution in [3.05, 3.63) is 11.2 Å². The fourth-order valence-electron chi connectivity index (χ4n) is 1.68.